The van der Waals surface area contributed by atoms with Gasteiger partial charge in [0.1, 0.15) is 0 Å². The van der Waals surface area contributed by atoms with Crippen LogP contribution in [0.2, 0.25) is 0 Å². The van der Waals surface area contributed by atoms with E-state index in [0.717, 1.165) is 23.9 Å². The summed E-state index contributed by atoms with van der Waals surface area (Å²) in [6, 6.07) is 10.8. The zero-order valence-electron chi connectivity index (χ0n) is 11.6. The minimum atomic E-state index is 0.556. The van der Waals surface area contributed by atoms with E-state index >= 15 is 0 Å². The predicted molar refractivity (Wildman–Crippen MR) is 77.1 cm³/mol. The van der Waals surface area contributed by atoms with Gasteiger partial charge in [0.15, 0.2) is 5.82 Å². The first-order valence-electron chi connectivity index (χ1n) is 6.99. The van der Waals surface area contributed by atoms with Crippen molar-refractivity contribution in [3.63, 3.8) is 0 Å². The number of hydrogen-bond donors (Lipinski definition) is 0. The summed E-state index contributed by atoms with van der Waals surface area (Å²) in [5.74, 6) is 1.93. The van der Waals surface area contributed by atoms with Gasteiger partial charge in [-0.05, 0) is 26.2 Å². The highest BCUT2D eigenvalue weighted by Crippen LogP contribution is 2.26. The summed E-state index contributed by atoms with van der Waals surface area (Å²) < 4.78 is 2.11. The molecule has 1 aromatic heterocycles. The van der Waals surface area contributed by atoms with E-state index in [-0.39, 0.29) is 0 Å². The Kier molecular flexibility index (Phi) is 3.23. The Labute approximate surface area is 114 Å². The lowest BCUT2D eigenvalue weighted by Crippen LogP contribution is -2.39. The highest BCUT2D eigenvalue weighted by Gasteiger charge is 2.23. The van der Waals surface area contributed by atoms with Gasteiger partial charge in [0.2, 0.25) is 5.95 Å². The molecule has 0 spiro atoms. The molecule has 4 nitrogen and oxygen atoms in total. The first kappa shape index (κ1) is 12.2. The molecule has 2 heterocycles. The molecular formula is C15H20N4. The summed E-state index contributed by atoms with van der Waals surface area (Å²) >= 11 is 0. The Bertz CT molecular complexity index is 547. The van der Waals surface area contributed by atoms with Crippen molar-refractivity contribution in [1.82, 2.24) is 14.8 Å². The quantitative estimate of drug-likeness (QED) is 0.828. The van der Waals surface area contributed by atoms with Crippen molar-refractivity contribution < 1.29 is 0 Å². The molecule has 0 bridgehead atoms. The largest absolute Gasteiger partial charge is 0.338 e. The molecule has 0 saturated carbocycles. The summed E-state index contributed by atoms with van der Waals surface area (Å²) in [5.41, 5.74) is 1.12. The van der Waals surface area contributed by atoms with Crippen LogP contribution < -0.4 is 4.90 Å². The minimum Gasteiger partial charge on any atom is -0.338 e. The second-order valence-corrected chi connectivity index (χ2v) is 5.29. The van der Waals surface area contributed by atoms with Crippen LogP contribution in [0.3, 0.4) is 0 Å². The van der Waals surface area contributed by atoms with Crippen molar-refractivity contribution in [3.8, 4) is 11.4 Å². The predicted octanol–water partition coefficient (Wildman–Crippen LogP) is 2.86. The maximum absolute atomic E-state index is 4.41. The van der Waals surface area contributed by atoms with Crippen LogP contribution in [0, 0.1) is 0 Å². The molecular weight excluding hydrogens is 236 g/mol. The molecule has 19 heavy (non-hydrogen) atoms. The van der Waals surface area contributed by atoms with E-state index in [0.29, 0.717) is 6.04 Å². The molecule has 1 aliphatic rings. The molecule has 0 radical (unpaired) electrons. The molecule has 1 fully saturated rings. The van der Waals surface area contributed by atoms with Crippen molar-refractivity contribution in [3.05, 3.63) is 30.3 Å². The summed E-state index contributed by atoms with van der Waals surface area (Å²) in [6.45, 7) is 3.36. The fraction of sp³-hybridized carbons (Fsp3) is 0.467. The van der Waals surface area contributed by atoms with E-state index in [4.69, 9.17) is 0 Å². The summed E-state index contributed by atoms with van der Waals surface area (Å²) in [6.07, 6.45) is 3.81. The van der Waals surface area contributed by atoms with Gasteiger partial charge in [-0.15, -0.1) is 10.2 Å². The van der Waals surface area contributed by atoms with E-state index in [1.165, 1.54) is 19.3 Å². The molecule has 0 aliphatic carbocycles. The molecule has 3 rings (SSSR count). The van der Waals surface area contributed by atoms with Gasteiger partial charge < -0.3 is 4.90 Å². The minimum absolute atomic E-state index is 0.556. The van der Waals surface area contributed by atoms with Gasteiger partial charge >= 0.3 is 0 Å². The molecule has 0 amide bonds. The van der Waals surface area contributed by atoms with Crippen LogP contribution >= 0.6 is 0 Å². The second kappa shape index (κ2) is 5.03. The van der Waals surface area contributed by atoms with E-state index in [2.05, 4.69) is 45.8 Å². The maximum Gasteiger partial charge on any atom is 0.227 e. The number of rotatable bonds is 2. The van der Waals surface area contributed by atoms with Crippen LogP contribution in [-0.4, -0.2) is 27.4 Å². The van der Waals surface area contributed by atoms with E-state index in [1.54, 1.807) is 0 Å². The van der Waals surface area contributed by atoms with Crippen LogP contribution in [0.25, 0.3) is 11.4 Å². The van der Waals surface area contributed by atoms with Crippen molar-refractivity contribution in [2.45, 2.75) is 32.2 Å². The SMILES string of the molecule is C[C@H]1CCCCN1c1nnc(-c2ccccc2)n1C. The Morgan fingerprint density at radius 1 is 1.11 bits per heavy atom. The van der Waals surface area contributed by atoms with Crippen LogP contribution in [0.5, 0.6) is 0 Å². The van der Waals surface area contributed by atoms with Crippen molar-refractivity contribution in [1.29, 1.82) is 0 Å². The highest BCUT2D eigenvalue weighted by atomic mass is 15.4. The smallest absolute Gasteiger partial charge is 0.227 e. The normalized spacial score (nSPS) is 19.7. The first-order valence-corrected chi connectivity index (χ1v) is 6.99. The molecule has 4 heteroatoms. The van der Waals surface area contributed by atoms with Gasteiger partial charge in [-0.25, -0.2) is 0 Å². The number of hydrogen-bond acceptors (Lipinski definition) is 3. The fourth-order valence-corrected chi connectivity index (χ4v) is 2.80. The Hall–Kier alpha value is -1.84. The van der Waals surface area contributed by atoms with Gasteiger partial charge in [0, 0.05) is 25.2 Å². The monoisotopic (exact) mass is 256 g/mol. The van der Waals surface area contributed by atoms with Crippen LogP contribution in [0.4, 0.5) is 5.95 Å². The second-order valence-electron chi connectivity index (χ2n) is 5.29. The zero-order valence-corrected chi connectivity index (χ0v) is 11.6. The number of nitrogens with zero attached hydrogens (tertiary/aromatic N) is 4. The topological polar surface area (TPSA) is 34.0 Å². The first-order chi connectivity index (χ1) is 9.27. The Balaban J connectivity index is 1.95. The van der Waals surface area contributed by atoms with Crippen molar-refractivity contribution >= 4 is 5.95 Å². The molecule has 100 valence electrons. The molecule has 0 unspecified atom stereocenters. The molecule has 0 N–H and O–H groups in total. The Morgan fingerprint density at radius 3 is 2.63 bits per heavy atom. The van der Waals surface area contributed by atoms with Crippen molar-refractivity contribution in [2.24, 2.45) is 7.05 Å². The standard InChI is InChI=1S/C15H20N4/c1-12-8-6-7-11-19(12)15-17-16-14(18(15)2)13-9-4-3-5-10-13/h3-5,9-10,12H,6-8,11H2,1-2H3/t12-/m0/s1. The third kappa shape index (κ3) is 2.23. The molecule has 2 aromatic rings. The maximum atomic E-state index is 4.41. The van der Waals surface area contributed by atoms with Gasteiger partial charge in [-0.3, -0.25) is 4.57 Å². The lowest BCUT2D eigenvalue weighted by Gasteiger charge is -2.33. The van der Waals surface area contributed by atoms with Crippen LogP contribution in [-0.2, 0) is 7.05 Å². The van der Waals surface area contributed by atoms with Crippen LogP contribution in [0.15, 0.2) is 30.3 Å². The van der Waals surface area contributed by atoms with Gasteiger partial charge in [0.05, 0.1) is 0 Å². The average molecular weight is 256 g/mol. The average Bonchev–Trinajstić information content (AvgIpc) is 2.82. The zero-order chi connectivity index (χ0) is 13.2. The fourth-order valence-electron chi connectivity index (χ4n) is 2.80. The molecule has 1 atom stereocenters. The number of aromatic nitrogens is 3. The van der Waals surface area contributed by atoms with E-state index < -0.39 is 0 Å². The number of benzene rings is 1. The summed E-state index contributed by atoms with van der Waals surface area (Å²) in [5, 5.41) is 8.77. The third-order valence-electron chi connectivity index (χ3n) is 3.94. The highest BCUT2D eigenvalue weighted by molar-refractivity contribution is 5.57. The lowest BCUT2D eigenvalue weighted by atomic mass is 10.0. The molecule has 1 saturated heterocycles. The third-order valence-corrected chi connectivity index (χ3v) is 3.94. The van der Waals surface area contributed by atoms with E-state index in [1.807, 2.05) is 18.2 Å². The van der Waals surface area contributed by atoms with Crippen LogP contribution in [0.1, 0.15) is 26.2 Å². The number of anilines is 1. The van der Waals surface area contributed by atoms with E-state index in [9.17, 15) is 0 Å². The van der Waals surface area contributed by atoms with Gasteiger partial charge in [0.25, 0.3) is 0 Å². The Morgan fingerprint density at radius 2 is 1.89 bits per heavy atom. The molecule has 1 aromatic carbocycles. The van der Waals surface area contributed by atoms with Gasteiger partial charge in [-0.2, -0.15) is 0 Å². The summed E-state index contributed by atoms with van der Waals surface area (Å²) in [4.78, 5) is 2.38. The van der Waals surface area contributed by atoms with Gasteiger partial charge in [-0.1, -0.05) is 30.3 Å². The lowest BCUT2D eigenvalue weighted by molar-refractivity contribution is 0.473. The van der Waals surface area contributed by atoms with Crippen molar-refractivity contribution in [2.75, 3.05) is 11.4 Å². The molecule has 1 aliphatic heterocycles. The summed E-state index contributed by atoms with van der Waals surface area (Å²) in [7, 11) is 2.05. The number of piperidine rings is 1.